The topological polar surface area (TPSA) is 71.1 Å². The Morgan fingerprint density at radius 2 is 1.94 bits per heavy atom. The Balaban J connectivity index is 1.92. The molecule has 0 atom stereocenters. The third-order valence-electron chi connectivity index (χ3n) is 2.04. The average molecular weight is 326 g/mol. The van der Waals surface area contributed by atoms with Crippen molar-refractivity contribution in [3.05, 3.63) is 50.9 Å². The molecular formula is C11H8BrN3O2S. The molecule has 0 saturated heterocycles. The lowest BCUT2D eigenvalue weighted by molar-refractivity contribution is 0.0846. The highest BCUT2D eigenvalue weighted by molar-refractivity contribution is 9.11. The van der Waals surface area contributed by atoms with E-state index in [0.29, 0.717) is 11.1 Å². The van der Waals surface area contributed by atoms with Crippen molar-refractivity contribution in [3.63, 3.8) is 0 Å². The SMILES string of the molecule is O=C(NNC(=O)c1csc(Br)c1)c1cccnc1. The molecule has 0 aliphatic rings. The number of rotatable bonds is 2. The molecule has 2 amide bonds. The van der Waals surface area contributed by atoms with Crippen LogP contribution >= 0.6 is 27.3 Å². The highest BCUT2D eigenvalue weighted by Gasteiger charge is 2.10. The Morgan fingerprint density at radius 3 is 2.50 bits per heavy atom. The van der Waals surface area contributed by atoms with E-state index >= 15 is 0 Å². The van der Waals surface area contributed by atoms with Crippen LogP contribution in [0.5, 0.6) is 0 Å². The van der Waals surface area contributed by atoms with E-state index in [-0.39, 0.29) is 5.91 Å². The van der Waals surface area contributed by atoms with Crippen LogP contribution in [0.3, 0.4) is 0 Å². The third-order valence-corrected chi connectivity index (χ3v) is 3.55. The van der Waals surface area contributed by atoms with Gasteiger partial charge in [0, 0.05) is 17.8 Å². The molecule has 2 aromatic heterocycles. The van der Waals surface area contributed by atoms with Gasteiger partial charge in [0.05, 0.1) is 14.9 Å². The van der Waals surface area contributed by atoms with Crippen LogP contribution in [-0.2, 0) is 0 Å². The van der Waals surface area contributed by atoms with Crippen LogP contribution in [0.4, 0.5) is 0 Å². The number of hydrogen-bond acceptors (Lipinski definition) is 4. The van der Waals surface area contributed by atoms with Crippen LogP contribution in [0.2, 0.25) is 0 Å². The molecule has 0 saturated carbocycles. The predicted octanol–water partition coefficient (Wildman–Crippen LogP) is 1.98. The highest BCUT2D eigenvalue weighted by atomic mass is 79.9. The summed E-state index contributed by atoms with van der Waals surface area (Å²) in [4.78, 5) is 27.1. The summed E-state index contributed by atoms with van der Waals surface area (Å²) in [6, 6.07) is 4.93. The molecule has 2 aromatic rings. The van der Waals surface area contributed by atoms with Crippen molar-refractivity contribution in [2.24, 2.45) is 0 Å². The van der Waals surface area contributed by atoms with Crippen molar-refractivity contribution in [3.8, 4) is 0 Å². The average Bonchev–Trinajstić information content (AvgIpc) is 2.83. The number of nitrogens with zero attached hydrogens (tertiary/aromatic N) is 1. The Bertz CT molecular complexity index is 571. The number of carbonyl (C=O) groups is 2. The first kappa shape index (κ1) is 12.7. The van der Waals surface area contributed by atoms with E-state index in [9.17, 15) is 9.59 Å². The second-order valence-electron chi connectivity index (χ2n) is 3.29. The number of nitrogens with one attached hydrogen (secondary N) is 2. The highest BCUT2D eigenvalue weighted by Crippen LogP contribution is 2.20. The van der Waals surface area contributed by atoms with E-state index in [4.69, 9.17) is 0 Å². The maximum Gasteiger partial charge on any atom is 0.271 e. The Morgan fingerprint density at radius 1 is 1.22 bits per heavy atom. The molecule has 0 unspecified atom stereocenters. The van der Waals surface area contributed by atoms with Crippen LogP contribution < -0.4 is 10.9 Å². The van der Waals surface area contributed by atoms with Gasteiger partial charge in [0.25, 0.3) is 11.8 Å². The first-order chi connectivity index (χ1) is 8.66. The van der Waals surface area contributed by atoms with Crippen molar-refractivity contribution in [2.45, 2.75) is 0 Å². The van der Waals surface area contributed by atoms with Crippen molar-refractivity contribution < 1.29 is 9.59 Å². The second-order valence-corrected chi connectivity index (χ2v) is 5.58. The summed E-state index contributed by atoms with van der Waals surface area (Å²) in [5.41, 5.74) is 5.51. The number of hydrogen-bond donors (Lipinski definition) is 2. The van der Waals surface area contributed by atoms with Gasteiger partial charge in [-0.15, -0.1) is 11.3 Å². The predicted molar refractivity (Wildman–Crippen MR) is 71.2 cm³/mol. The molecule has 0 aromatic carbocycles. The first-order valence-corrected chi connectivity index (χ1v) is 6.59. The van der Waals surface area contributed by atoms with Gasteiger partial charge in [0.1, 0.15) is 0 Å². The molecule has 0 spiro atoms. The van der Waals surface area contributed by atoms with Gasteiger partial charge >= 0.3 is 0 Å². The van der Waals surface area contributed by atoms with Crippen LogP contribution in [0, 0.1) is 0 Å². The molecule has 0 radical (unpaired) electrons. The number of thiophene rings is 1. The van der Waals surface area contributed by atoms with Gasteiger partial charge in [-0.2, -0.15) is 0 Å². The summed E-state index contributed by atoms with van der Waals surface area (Å²) in [5, 5.41) is 1.69. The summed E-state index contributed by atoms with van der Waals surface area (Å²) in [6.45, 7) is 0. The van der Waals surface area contributed by atoms with Crippen molar-refractivity contribution >= 4 is 39.1 Å². The van der Waals surface area contributed by atoms with E-state index in [0.717, 1.165) is 3.79 Å². The number of aromatic nitrogens is 1. The van der Waals surface area contributed by atoms with Gasteiger partial charge in [0.2, 0.25) is 0 Å². The lowest BCUT2D eigenvalue weighted by atomic mass is 10.3. The van der Waals surface area contributed by atoms with Gasteiger partial charge in [-0.1, -0.05) is 0 Å². The van der Waals surface area contributed by atoms with Gasteiger partial charge in [-0.05, 0) is 34.1 Å². The third kappa shape index (κ3) is 3.14. The molecule has 7 heteroatoms. The summed E-state index contributed by atoms with van der Waals surface area (Å²) in [7, 11) is 0. The first-order valence-electron chi connectivity index (χ1n) is 4.91. The molecule has 0 aliphatic heterocycles. The number of hydrazine groups is 1. The van der Waals surface area contributed by atoms with Crippen LogP contribution in [-0.4, -0.2) is 16.8 Å². The number of halogens is 1. The number of pyridine rings is 1. The van der Waals surface area contributed by atoms with E-state index in [2.05, 4.69) is 31.8 Å². The fourth-order valence-corrected chi connectivity index (χ4v) is 2.32. The maximum absolute atomic E-state index is 11.6. The molecule has 0 fully saturated rings. The molecule has 2 rings (SSSR count). The van der Waals surface area contributed by atoms with Crippen LogP contribution in [0.15, 0.2) is 39.8 Å². The Hall–Kier alpha value is -1.73. The largest absolute Gasteiger partial charge is 0.271 e. The summed E-state index contributed by atoms with van der Waals surface area (Å²) in [5.74, 6) is -0.778. The van der Waals surface area contributed by atoms with Crippen molar-refractivity contribution in [1.29, 1.82) is 0 Å². The zero-order valence-electron chi connectivity index (χ0n) is 9.01. The van der Waals surface area contributed by atoms with E-state index < -0.39 is 5.91 Å². The smallest absolute Gasteiger partial charge is 0.267 e. The second kappa shape index (κ2) is 5.74. The molecule has 0 aliphatic carbocycles. The number of amides is 2. The quantitative estimate of drug-likeness (QED) is 0.829. The zero-order chi connectivity index (χ0) is 13.0. The summed E-state index contributed by atoms with van der Waals surface area (Å²) < 4.78 is 0.853. The van der Waals surface area contributed by atoms with Crippen molar-refractivity contribution in [2.75, 3.05) is 0 Å². The summed E-state index contributed by atoms with van der Waals surface area (Å²) in [6.07, 6.45) is 2.99. The van der Waals surface area contributed by atoms with E-state index in [1.165, 1.54) is 17.5 Å². The van der Waals surface area contributed by atoms with Gasteiger partial charge < -0.3 is 0 Å². The molecule has 0 bridgehead atoms. The van der Waals surface area contributed by atoms with Crippen LogP contribution in [0.25, 0.3) is 0 Å². The molecule has 18 heavy (non-hydrogen) atoms. The van der Waals surface area contributed by atoms with Crippen molar-refractivity contribution in [1.82, 2.24) is 15.8 Å². The van der Waals surface area contributed by atoms with Gasteiger partial charge in [-0.25, -0.2) is 0 Å². The lowest BCUT2D eigenvalue weighted by Crippen LogP contribution is -2.41. The fraction of sp³-hybridized carbons (Fsp3) is 0. The molecular weight excluding hydrogens is 318 g/mol. The molecule has 2 heterocycles. The van der Waals surface area contributed by atoms with Gasteiger partial charge in [0.15, 0.2) is 0 Å². The summed E-state index contributed by atoms with van der Waals surface area (Å²) >= 11 is 4.66. The number of carbonyl (C=O) groups excluding carboxylic acids is 2. The molecule has 2 N–H and O–H groups in total. The molecule has 92 valence electrons. The van der Waals surface area contributed by atoms with Crippen LogP contribution in [0.1, 0.15) is 20.7 Å². The minimum absolute atomic E-state index is 0.366. The molecule has 5 nitrogen and oxygen atoms in total. The standard InChI is InChI=1S/C11H8BrN3O2S/c12-9-4-8(6-18-9)11(17)15-14-10(16)7-2-1-3-13-5-7/h1-6H,(H,14,16)(H,15,17). The van der Waals surface area contributed by atoms with E-state index in [1.54, 1.807) is 29.8 Å². The van der Waals surface area contributed by atoms with E-state index in [1.807, 2.05) is 0 Å². The zero-order valence-corrected chi connectivity index (χ0v) is 11.4. The maximum atomic E-state index is 11.6. The fourth-order valence-electron chi connectivity index (χ4n) is 1.18. The lowest BCUT2D eigenvalue weighted by Gasteiger charge is -2.05. The normalized spacial score (nSPS) is 9.83. The monoisotopic (exact) mass is 325 g/mol. The Labute approximate surface area is 115 Å². The minimum atomic E-state index is -0.411. The van der Waals surface area contributed by atoms with Gasteiger partial charge in [-0.3, -0.25) is 25.4 Å². The Kier molecular flexibility index (Phi) is 4.06. The minimum Gasteiger partial charge on any atom is -0.267 e.